The molecule has 0 fully saturated rings. The van der Waals surface area contributed by atoms with Crippen LogP contribution in [-0.4, -0.2) is 10.8 Å². The third-order valence-electron chi connectivity index (χ3n) is 5.75. The van der Waals surface area contributed by atoms with E-state index in [0.717, 1.165) is 39.8 Å². The van der Waals surface area contributed by atoms with Crippen LogP contribution in [0.2, 0.25) is 0 Å². The summed E-state index contributed by atoms with van der Waals surface area (Å²) in [4.78, 5) is 17.7. The van der Waals surface area contributed by atoms with Crippen molar-refractivity contribution in [2.75, 3.05) is 5.32 Å². The fraction of sp³-hybridized carbons (Fsp3) is 0.250. The van der Waals surface area contributed by atoms with E-state index in [4.69, 9.17) is 0 Å². The molecule has 1 aromatic heterocycles. The van der Waals surface area contributed by atoms with Crippen molar-refractivity contribution in [3.63, 3.8) is 0 Å². The zero-order valence-corrected chi connectivity index (χ0v) is 15.6. The van der Waals surface area contributed by atoms with E-state index in [2.05, 4.69) is 66.6 Å². The lowest BCUT2D eigenvalue weighted by Crippen LogP contribution is -2.33. The summed E-state index contributed by atoms with van der Waals surface area (Å²) >= 11 is 0. The molecule has 1 atom stereocenters. The van der Waals surface area contributed by atoms with Crippen molar-refractivity contribution in [3.8, 4) is 0 Å². The summed E-state index contributed by atoms with van der Waals surface area (Å²) in [6.45, 7) is 4.35. The molecule has 3 heteroatoms. The number of aromatic nitrogens is 1. The van der Waals surface area contributed by atoms with Gasteiger partial charge in [-0.25, -0.2) is 0 Å². The van der Waals surface area contributed by atoms with Gasteiger partial charge < -0.3 is 5.32 Å². The molecule has 27 heavy (non-hydrogen) atoms. The standard InChI is InChI=1S/C24H22N2O/c1-24(2)13-19-22(20(27)14-24)21(15-7-4-3-5-8-15)17-10-11-18-16(23(17)26-19)9-6-12-25-18/h3-12,21,26H,13-14H2,1-2H3/t21-/m1/s1. The quantitative estimate of drug-likeness (QED) is 0.633. The van der Waals surface area contributed by atoms with Gasteiger partial charge in [0.15, 0.2) is 5.78 Å². The Hall–Kier alpha value is -2.94. The lowest BCUT2D eigenvalue weighted by molar-refractivity contribution is -0.118. The minimum absolute atomic E-state index is 0.0225. The highest BCUT2D eigenvalue weighted by molar-refractivity contribution is 6.04. The van der Waals surface area contributed by atoms with E-state index in [0.29, 0.717) is 6.42 Å². The van der Waals surface area contributed by atoms with E-state index >= 15 is 0 Å². The Balaban J connectivity index is 1.80. The fourth-order valence-electron chi connectivity index (χ4n) is 4.63. The van der Waals surface area contributed by atoms with Gasteiger partial charge in [0.25, 0.3) is 0 Å². The van der Waals surface area contributed by atoms with Gasteiger partial charge >= 0.3 is 0 Å². The number of Topliss-reactive ketones (excluding diaryl/α,β-unsaturated/α-hetero) is 1. The van der Waals surface area contributed by atoms with Gasteiger partial charge in [0.2, 0.25) is 0 Å². The SMILES string of the molecule is CC1(C)CC(=O)C2=C(C1)Nc1c(ccc3ncccc13)[C@H]2c1ccccc1. The molecule has 0 bridgehead atoms. The first-order valence-electron chi connectivity index (χ1n) is 9.49. The molecule has 0 saturated heterocycles. The molecule has 5 rings (SSSR count). The monoisotopic (exact) mass is 354 g/mol. The van der Waals surface area contributed by atoms with Crippen LogP contribution < -0.4 is 5.32 Å². The number of hydrogen-bond donors (Lipinski definition) is 1. The molecule has 0 amide bonds. The number of fused-ring (bicyclic) bond motifs is 3. The van der Waals surface area contributed by atoms with Crippen molar-refractivity contribution >= 4 is 22.4 Å². The molecule has 134 valence electrons. The van der Waals surface area contributed by atoms with Gasteiger partial charge in [-0.05, 0) is 41.2 Å². The molecular formula is C24H22N2O. The third-order valence-corrected chi connectivity index (χ3v) is 5.75. The van der Waals surface area contributed by atoms with Crippen molar-refractivity contribution < 1.29 is 4.79 Å². The number of benzene rings is 2. The summed E-state index contributed by atoms with van der Waals surface area (Å²) in [5, 5.41) is 4.76. The van der Waals surface area contributed by atoms with E-state index in [1.54, 1.807) is 0 Å². The van der Waals surface area contributed by atoms with Gasteiger partial charge in [-0.1, -0.05) is 50.2 Å². The first-order chi connectivity index (χ1) is 13.0. The largest absolute Gasteiger partial charge is 0.358 e. The number of rotatable bonds is 1. The molecule has 1 N–H and O–H groups in total. The molecule has 3 aromatic rings. The molecule has 2 aliphatic rings. The summed E-state index contributed by atoms with van der Waals surface area (Å²) in [7, 11) is 0. The van der Waals surface area contributed by atoms with Crippen molar-refractivity contribution in [2.24, 2.45) is 5.41 Å². The highest BCUT2D eigenvalue weighted by atomic mass is 16.1. The van der Waals surface area contributed by atoms with Gasteiger partial charge in [-0.3, -0.25) is 9.78 Å². The van der Waals surface area contributed by atoms with Crippen LogP contribution >= 0.6 is 0 Å². The minimum Gasteiger partial charge on any atom is -0.358 e. The summed E-state index contributed by atoms with van der Waals surface area (Å²) in [5.74, 6) is 0.241. The van der Waals surface area contributed by atoms with Gasteiger partial charge in [0.05, 0.1) is 11.2 Å². The Morgan fingerprint density at radius 3 is 2.63 bits per heavy atom. The van der Waals surface area contributed by atoms with Crippen LogP contribution in [0.4, 0.5) is 5.69 Å². The maximum Gasteiger partial charge on any atom is 0.162 e. The number of ketones is 1. The smallest absolute Gasteiger partial charge is 0.162 e. The van der Waals surface area contributed by atoms with E-state index in [1.807, 2.05) is 18.3 Å². The van der Waals surface area contributed by atoms with Crippen LogP contribution in [0.1, 0.15) is 43.7 Å². The normalized spacial score (nSPS) is 20.8. The Bertz CT molecular complexity index is 1100. The summed E-state index contributed by atoms with van der Waals surface area (Å²) in [6.07, 6.45) is 3.30. The number of carbonyl (C=O) groups excluding carboxylic acids is 1. The first-order valence-corrected chi connectivity index (χ1v) is 9.49. The van der Waals surface area contributed by atoms with Crippen molar-refractivity contribution in [2.45, 2.75) is 32.6 Å². The number of allylic oxidation sites excluding steroid dienone is 2. The Morgan fingerprint density at radius 2 is 1.81 bits per heavy atom. The van der Waals surface area contributed by atoms with Crippen molar-refractivity contribution in [1.82, 2.24) is 4.98 Å². The number of carbonyl (C=O) groups is 1. The molecule has 0 saturated carbocycles. The van der Waals surface area contributed by atoms with Crippen LogP contribution in [0.3, 0.4) is 0 Å². The zero-order valence-electron chi connectivity index (χ0n) is 15.6. The van der Waals surface area contributed by atoms with E-state index < -0.39 is 0 Å². The second-order valence-electron chi connectivity index (χ2n) is 8.40. The lowest BCUT2D eigenvalue weighted by Gasteiger charge is -2.39. The summed E-state index contributed by atoms with van der Waals surface area (Å²) < 4.78 is 0. The average Bonchev–Trinajstić information content (AvgIpc) is 2.66. The number of pyridine rings is 1. The fourth-order valence-corrected chi connectivity index (χ4v) is 4.63. The van der Waals surface area contributed by atoms with Crippen LogP contribution in [0.25, 0.3) is 10.9 Å². The maximum absolute atomic E-state index is 13.2. The van der Waals surface area contributed by atoms with Gasteiger partial charge in [-0.2, -0.15) is 0 Å². The second kappa shape index (κ2) is 5.78. The third kappa shape index (κ3) is 2.57. The molecule has 2 aromatic carbocycles. The van der Waals surface area contributed by atoms with Crippen LogP contribution in [0, 0.1) is 5.41 Å². The molecule has 0 radical (unpaired) electrons. The summed E-state index contributed by atoms with van der Waals surface area (Å²) in [6, 6.07) is 18.7. The van der Waals surface area contributed by atoms with Crippen LogP contribution in [-0.2, 0) is 4.79 Å². The molecular weight excluding hydrogens is 332 g/mol. The Morgan fingerprint density at radius 1 is 1.00 bits per heavy atom. The summed E-state index contributed by atoms with van der Waals surface area (Å²) in [5.41, 5.74) is 6.40. The molecule has 1 aliphatic heterocycles. The van der Waals surface area contributed by atoms with E-state index in [1.165, 1.54) is 5.56 Å². The van der Waals surface area contributed by atoms with Gasteiger partial charge in [-0.15, -0.1) is 0 Å². The van der Waals surface area contributed by atoms with Gasteiger partial charge in [0, 0.05) is 35.2 Å². The van der Waals surface area contributed by atoms with E-state index in [-0.39, 0.29) is 17.1 Å². The number of nitrogens with one attached hydrogen (secondary N) is 1. The highest BCUT2D eigenvalue weighted by Crippen LogP contribution is 2.50. The Labute approximate surface area is 159 Å². The number of hydrogen-bond acceptors (Lipinski definition) is 3. The Kier molecular flexibility index (Phi) is 3.48. The molecule has 2 heterocycles. The maximum atomic E-state index is 13.2. The van der Waals surface area contributed by atoms with Crippen molar-refractivity contribution in [3.05, 3.63) is 83.2 Å². The number of anilines is 1. The topological polar surface area (TPSA) is 42.0 Å². The molecule has 3 nitrogen and oxygen atoms in total. The first kappa shape index (κ1) is 16.2. The molecule has 1 aliphatic carbocycles. The highest BCUT2D eigenvalue weighted by Gasteiger charge is 2.40. The van der Waals surface area contributed by atoms with Crippen molar-refractivity contribution in [1.29, 1.82) is 0 Å². The zero-order chi connectivity index (χ0) is 18.6. The predicted octanol–water partition coefficient (Wildman–Crippen LogP) is 5.44. The van der Waals surface area contributed by atoms with Gasteiger partial charge in [0.1, 0.15) is 0 Å². The molecule has 0 spiro atoms. The predicted molar refractivity (Wildman–Crippen MR) is 109 cm³/mol. The second-order valence-corrected chi connectivity index (χ2v) is 8.40. The number of nitrogens with zero attached hydrogens (tertiary/aromatic N) is 1. The molecule has 0 unspecified atom stereocenters. The van der Waals surface area contributed by atoms with E-state index in [9.17, 15) is 4.79 Å². The van der Waals surface area contributed by atoms with Crippen LogP contribution in [0.15, 0.2) is 72.1 Å². The average molecular weight is 354 g/mol. The minimum atomic E-state index is -0.0233. The van der Waals surface area contributed by atoms with Crippen LogP contribution in [0.5, 0.6) is 0 Å². The lowest BCUT2D eigenvalue weighted by atomic mass is 9.68.